The average Bonchev–Trinajstić information content (AvgIpc) is 2.59. The predicted molar refractivity (Wildman–Crippen MR) is 62.8 cm³/mol. The highest BCUT2D eigenvalue weighted by molar-refractivity contribution is 6.08. The molecule has 1 rings (SSSR count). The lowest BCUT2D eigenvalue weighted by Crippen LogP contribution is -2.31. The Morgan fingerprint density at radius 2 is 1.94 bits per heavy atom. The van der Waals surface area contributed by atoms with E-state index in [4.69, 9.17) is 9.15 Å². The third-order valence-corrected chi connectivity index (χ3v) is 2.28. The monoisotopic (exact) mass is 238 g/mol. The minimum Gasteiger partial charge on any atom is -0.469 e. The number of hydrogen-bond donors (Lipinski definition) is 0. The summed E-state index contributed by atoms with van der Waals surface area (Å²) in [6.07, 6.45) is 1.43. The Labute approximate surface area is 101 Å². The summed E-state index contributed by atoms with van der Waals surface area (Å²) in [5.74, 6) is -1.08. The van der Waals surface area contributed by atoms with Crippen molar-refractivity contribution in [3.05, 3.63) is 23.7 Å². The van der Waals surface area contributed by atoms with Crippen LogP contribution in [0.25, 0.3) is 0 Å². The van der Waals surface area contributed by atoms with Crippen LogP contribution in [-0.2, 0) is 9.53 Å². The van der Waals surface area contributed by atoms with Crippen LogP contribution in [0, 0.1) is 12.8 Å². The topological polar surface area (TPSA) is 56.5 Å². The fourth-order valence-corrected chi connectivity index (χ4v) is 1.37. The molecule has 0 aliphatic rings. The van der Waals surface area contributed by atoms with Crippen LogP contribution in [0.3, 0.4) is 0 Å². The molecule has 0 amide bonds. The molecule has 0 saturated carbocycles. The maximum atomic E-state index is 12.0. The van der Waals surface area contributed by atoms with Crippen molar-refractivity contribution < 1.29 is 18.7 Å². The first-order chi connectivity index (χ1) is 7.72. The molecule has 4 nitrogen and oxygen atoms in total. The SMILES string of the molecule is Cc1occc1C(=O)C(C)C(=O)OC(C)(C)C. The van der Waals surface area contributed by atoms with Crippen molar-refractivity contribution in [2.45, 2.75) is 40.2 Å². The molecular weight excluding hydrogens is 220 g/mol. The van der Waals surface area contributed by atoms with E-state index in [1.165, 1.54) is 6.26 Å². The van der Waals surface area contributed by atoms with E-state index in [9.17, 15) is 9.59 Å². The van der Waals surface area contributed by atoms with E-state index in [2.05, 4.69) is 0 Å². The van der Waals surface area contributed by atoms with Crippen molar-refractivity contribution in [2.75, 3.05) is 0 Å². The molecular formula is C13H18O4. The molecule has 0 aromatic carbocycles. The maximum absolute atomic E-state index is 12.0. The summed E-state index contributed by atoms with van der Waals surface area (Å²) >= 11 is 0. The van der Waals surface area contributed by atoms with Crippen LogP contribution < -0.4 is 0 Å². The Morgan fingerprint density at radius 3 is 2.35 bits per heavy atom. The minimum absolute atomic E-state index is 0.273. The fourth-order valence-electron chi connectivity index (χ4n) is 1.37. The smallest absolute Gasteiger partial charge is 0.317 e. The van der Waals surface area contributed by atoms with E-state index < -0.39 is 17.5 Å². The number of carbonyl (C=O) groups excluding carboxylic acids is 2. The molecule has 0 aliphatic heterocycles. The van der Waals surface area contributed by atoms with Crippen LogP contribution in [0.1, 0.15) is 43.8 Å². The number of Topliss-reactive ketones (excluding diaryl/α,β-unsaturated/α-hetero) is 1. The Bertz CT molecular complexity index is 423. The second kappa shape index (κ2) is 4.73. The number of furan rings is 1. The quantitative estimate of drug-likeness (QED) is 0.461. The molecule has 94 valence electrons. The first-order valence-electron chi connectivity index (χ1n) is 5.53. The molecule has 0 saturated heterocycles. The Balaban J connectivity index is 2.78. The van der Waals surface area contributed by atoms with Crippen molar-refractivity contribution in [1.29, 1.82) is 0 Å². The van der Waals surface area contributed by atoms with E-state index in [1.807, 2.05) is 0 Å². The summed E-state index contributed by atoms with van der Waals surface area (Å²) in [5, 5.41) is 0. The maximum Gasteiger partial charge on any atom is 0.317 e. The number of hydrogen-bond acceptors (Lipinski definition) is 4. The summed E-state index contributed by atoms with van der Waals surface area (Å²) < 4.78 is 10.2. The van der Waals surface area contributed by atoms with Gasteiger partial charge in [0.25, 0.3) is 0 Å². The van der Waals surface area contributed by atoms with E-state index >= 15 is 0 Å². The van der Waals surface area contributed by atoms with E-state index in [-0.39, 0.29) is 5.78 Å². The van der Waals surface area contributed by atoms with Crippen LogP contribution >= 0.6 is 0 Å². The van der Waals surface area contributed by atoms with Gasteiger partial charge in [-0.3, -0.25) is 9.59 Å². The standard InChI is InChI=1S/C13H18O4/c1-8(12(15)17-13(3,4)5)11(14)10-6-7-16-9(10)2/h6-8H,1-5H3. The fraction of sp³-hybridized carbons (Fsp3) is 0.538. The Hall–Kier alpha value is -1.58. The molecule has 1 heterocycles. The van der Waals surface area contributed by atoms with Crippen LogP contribution in [0.2, 0.25) is 0 Å². The molecule has 1 unspecified atom stereocenters. The van der Waals surface area contributed by atoms with Gasteiger partial charge in [0.05, 0.1) is 11.8 Å². The van der Waals surface area contributed by atoms with Gasteiger partial charge >= 0.3 is 5.97 Å². The highest BCUT2D eigenvalue weighted by Gasteiger charge is 2.29. The van der Waals surface area contributed by atoms with Gasteiger partial charge in [0.1, 0.15) is 17.3 Å². The van der Waals surface area contributed by atoms with Gasteiger partial charge in [-0.15, -0.1) is 0 Å². The highest BCUT2D eigenvalue weighted by Crippen LogP contribution is 2.18. The molecule has 0 radical (unpaired) electrons. The summed E-state index contributed by atoms with van der Waals surface area (Å²) in [7, 11) is 0. The van der Waals surface area contributed by atoms with Gasteiger partial charge < -0.3 is 9.15 Å². The van der Waals surface area contributed by atoms with Crippen molar-refractivity contribution in [3.8, 4) is 0 Å². The molecule has 0 fully saturated rings. The van der Waals surface area contributed by atoms with Crippen molar-refractivity contribution in [2.24, 2.45) is 5.92 Å². The van der Waals surface area contributed by atoms with Gasteiger partial charge in [0.15, 0.2) is 5.78 Å². The van der Waals surface area contributed by atoms with Crippen LogP contribution in [0.5, 0.6) is 0 Å². The summed E-state index contributed by atoms with van der Waals surface area (Å²) in [6, 6.07) is 1.57. The lowest BCUT2D eigenvalue weighted by atomic mass is 10.00. The normalized spacial score (nSPS) is 13.2. The van der Waals surface area contributed by atoms with Gasteiger partial charge in [0, 0.05) is 0 Å². The first kappa shape index (κ1) is 13.5. The van der Waals surface area contributed by atoms with E-state index in [0.717, 1.165) is 0 Å². The van der Waals surface area contributed by atoms with Crippen molar-refractivity contribution >= 4 is 11.8 Å². The van der Waals surface area contributed by atoms with Crippen LogP contribution in [0.15, 0.2) is 16.7 Å². The number of ether oxygens (including phenoxy) is 1. The van der Waals surface area contributed by atoms with Gasteiger partial charge in [-0.05, 0) is 40.7 Å². The molecule has 17 heavy (non-hydrogen) atoms. The number of rotatable bonds is 3. The Morgan fingerprint density at radius 1 is 1.35 bits per heavy atom. The zero-order valence-electron chi connectivity index (χ0n) is 10.9. The second-order valence-corrected chi connectivity index (χ2v) is 5.01. The zero-order valence-corrected chi connectivity index (χ0v) is 10.9. The predicted octanol–water partition coefficient (Wildman–Crippen LogP) is 2.75. The van der Waals surface area contributed by atoms with Gasteiger partial charge in [-0.1, -0.05) is 0 Å². The number of ketones is 1. The largest absolute Gasteiger partial charge is 0.469 e. The molecule has 0 spiro atoms. The first-order valence-corrected chi connectivity index (χ1v) is 5.53. The third-order valence-electron chi connectivity index (χ3n) is 2.28. The molecule has 0 bridgehead atoms. The molecule has 1 aromatic rings. The van der Waals surface area contributed by atoms with Gasteiger partial charge in [-0.25, -0.2) is 0 Å². The average molecular weight is 238 g/mol. The molecule has 1 aromatic heterocycles. The Kier molecular flexibility index (Phi) is 3.76. The van der Waals surface area contributed by atoms with Crippen LogP contribution in [-0.4, -0.2) is 17.4 Å². The summed E-state index contributed by atoms with van der Waals surface area (Å²) in [4.78, 5) is 23.7. The number of aryl methyl sites for hydroxylation is 1. The van der Waals surface area contributed by atoms with Crippen molar-refractivity contribution in [1.82, 2.24) is 0 Å². The molecule has 1 atom stereocenters. The lowest BCUT2D eigenvalue weighted by Gasteiger charge is -2.21. The van der Waals surface area contributed by atoms with E-state index in [1.54, 1.807) is 40.7 Å². The minimum atomic E-state index is -0.814. The van der Waals surface area contributed by atoms with Gasteiger partial charge in [0.2, 0.25) is 0 Å². The molecule has 0 aliphatic carbocycles. The van der Waals surface area contributed by atoms with Gasteiger partial charge in [-0.2, -0.15) is 0 Å². The summed E-state index contributed by atoms with van der Waals surface area (Å²) in [6.45, 7) is 8.54. The lowest BCUT2D eigenvalue weighted by molar-refractivity contribution is -0.157. The van der Waals surface area contributed by atoms with Crippen LogP contribution in [0.4, 0.5) is 0 Å². The molecule has 4 heteroatoms. The molecule has 0 N–H and O–H groups in total. The second-order valence-electron chi connectivity index (χ2n) is 5.01. The highest BCUT2D eigenvalue weighted by atomic mass is 16.6. The van der Waals surface area contributed by atoms with E-state index in [0.29, 0.717) is 11.3 Å². The number of esters is 1. The third kappa shape index (κ3) is 3.44. The number of carbonyl (C=O) groups is 2. The van der Waals surface area contributed by atoms with Crippen molar-refractivity contribution in [3.63, 3.8) is 0 Å². The summed E-state index contributed by atoms with van der Waals surface area (Å²) in [5.41, 5.74) is -0.153. The zero-order chi connectivity index (χ0) is 13.2.